The Hall–Kier alpha value is -3.39. The second kappa shape index (κ2) is 7.79. The average Bonchev–Trinajstić information content (AvgIpc) is 3.43. The molecule has 5 rings (SSSR count). The number of hydrogen-bond acceptors (Lipinski definition) is 6. The van der Waals surface area contributed by atoms with Crippen molar-refractivity contribution in [2.75, 3.05) is 31.1 Å². The SMILES string of the molecule is O=C(Cn1c(-c2cscn2)nc2ccccc21)N1CCN(c2ccccc2O)CC1. The van der Waals surface area contributed by atoms with Gasteiger partial charge >= 0.3 is 0 Å². The second-order valence-corrected chi connectivity index (χ2v) is 7.96. The van der Waals surface area contributed by atoms with Crippen LogP contribution in [0.5, 0.6) is 5.75 Å². The Labute approximate surface area is 177 Å². The maximum absolute atomic E-state index is 13.1. The zero-order valence-corrected chi connectivity index (χ0v) is 17.1. The number of para-hydroxylation sites is 4. The fourth-order valence-corrected chi connectivity index (χ4v) is 4.45. The van der Waals surface area contributed by atoms with E-state index in [0.717, 1.165) is 28.2 Å². The molecule has 1 fully saturated rings. The predicted octanol–water partition coefficient (Wildman–Crippen LogP) is 3.21. The molecule has 0 radical (unpaired) electrons. The molecule has 1 aliphatic heterocycles. The van der Waals surface area contributed by atoms with Crippen molar-refractivity contribution < 1.29 is 9.90 Å². The zero-order valence-electron chi connectivity index (χ0n) is 16.3. The highest BCUT2D eigenvalue weighted by Gasteiger charge is 2.24. The summed E-state index contributed by atoms with van der Waals surface area (Å²) in [4.78, 5) is 26.2. The molecule has 0 unspecified atom stereocenters. The van der Waals surface area contributed by atoms with Crippen LogP contribution in [0.2, 0.25) is 0 Å². The van der Waals surface area contributed by atoms with Crippen LogP contribution in [0.3, 0.4) is 0 Å². The van der Waals surface area contributed by atoms with Gasteiger partial charge in [0.1, 0.15) is 18.0 Å². The summed E-state index contributed by atoms with van der Waals surface area (Å²) in [6.45, 7) is 2.83. The Kier molecular flexibility index (Phi) is 4.84. The van der Waals surface area contributed by atoms with Crippen LogP contribution in [0.1, 0.15) is 0 Å². The molecule has 7 nitrogen and oxygen atoms in total. The van der Waals surface area contributed by atoms with Gasteiger partial charge in [0.25, 0.3) is 0 Å². The summed E-state index contributed by atoms with van der Waals surface area (Å²) in [5.74, 6) is 1.06. The number of anilines is 1. The molecule has 1 aliphatic rings. The number of aromatic hydroxyl groups is 1. The van der Waals surface area contributed by atoms with Crippen LogP contribution in [-0.2, 0) is 11.3 Å². The summed E-state index contributed by atoms with van der Waals surface area (Å²) >= 11 is 1.51. The number of hydrogen-bond donors (Lipinski definition) is 1. The molecule has 1 amide bonds. The normalized spacial score (nSPS) is 14.4. The molecule has 4 aromatic rings. The number of carbonyl (C=O) groups is 1. The van der Waals surface area contributed by atoms with Crippen LogP contribution in [0.4, 0.5) is 5.69 Å². The van der Waals surface area contributed by atoms with Crippen LogP contribution in [0, 0.1) is 0 Å². The van der Waals surface area contributed by atoms with E-state index in [0.29, 0.717) is 26.2 Å². The first-order chi connectivity index (χ1) is 14.7. The third-order valence-electron chi connectivity index (χ3n) is 5.46. The molecule has 152 valence electrons. The molecular formula is C22H21N5O2S. The summed E-state index contributed by atoms with van der Waals surface area (Å²) in [6.07, 6.45) is 0. The minimum atomic E-state index is 0.0616. The molecule has 0 spiro atoms. The fourth-order valence-electron chi connectivity index (χ4n) is 3.92. The van der Waals surface area contributed by atoms with Gasteiger partial charge in [0, 0.05) is 31.6 Å². The van der Waals surface area contributed by atoms with Crippen LogP contribution in [0.15, 0.2) is 59.4 Å². The first-order valence-corrected chi connectivity index (χ1v) is 10.8. The number of phenolic OH excluding ortho intramolecular Hbond substituents is 1. The first-order valence-electron chi connectivity index (χ1n) is 9.85. The molecule has 2 aromatic heterocycles. The molecule has 0 atom stereocenters. The Morgan fingerprint density at radius 3 is 2.57 bits per heavy atom. The molecule has 1 saturated heterocycles. The van der Waals surface area contributed by atoms with Gasteiger partial charge in [-0.2, -0.15) is 0 Å². The lowest BCUT2D eigenvalue weighted by atomic mass is 10.2. The third kappa shape index (κ3) is 3.39. The minimum absolute atomic E-state index is 0.0616. The highest BCUT2D eigenvalue weighted by Crippen LogP contribution is 2.28. The lowest BCUT2D eigenvalue weighted by molar-refractivity contribution is -0.132. The second-order valence-electron chi connectivity index (χ2n) is 7.24. The number of fused-ring (bicyclic) bond motifs is 1. The van der Waals surface area contributed by atoms with E-state index in [1.165, 1.54) is 11.3 Å². The Balaban J connectivity index is 1.35. The number of imidazole rings is 1. The lowest BCUT2D eigenvalue weighted by Gasteiger charge is -2.36. The number of amides is 1. The van der Waals surface area contributed by atoms with Crippen LogP contribution in [-0.4, -0.2) is 56.6 Å². The maximum atomic E-state index is 13.1. The van der Waals surface area contributed by atoms with Gasteiger partial charge in [-0.15, -0.1) is 11.3 Å². The van der Waals surface area contributed by atoms with Crippen molar-refractivity contribution in [3.05, 3.63) is 59.4 Å². The molecule has 3 heterocycles. The van der Waals surface area contributed by atoms with Gasteiger partial charge in [-0.1, -0.05) is 24.3 Å². The Morgan fingerprint density at radius 1 is 1.03 bits per heavy atom. The molecule has 0 saturated carbocycles. The largest absolute Gasteiger partial charge is 0.506 e. The van der Waals surface area contributed by atoms with Crippen molar-refractivity contribution in [3.8, 4) is 17.3 Å². The summed E-state index contributed by atoms with van der Waals surface area (Å²) in [6, 6.07) is 15.2. The number of carbonyl (C=O) groups excluding carboxylic acids is 1. The molecule has 8 heteroatoms. The van der Waals surface area contributed by atoms with E-state index in [2.05, 4.69) is 9.88 Å². The van der Waals surface area contributed by atoms with Gasteiger partial charge in [-0.3, -0.25) is 4.79 Å². The van der Waals surface area contributed by atoms with Gasteiger partial charge in [0.05, 0.1) is 22.2 Å². The maximum Gasteiger partial charge on any atom is 0.242 e. The number of phenols is 1. The zero-order chi connectivity index (χ0) is 20.5. The number of thiazole rings is 1. The van der Waals surface area contributed by atoms with Gasteiger partial charge in [-0.25, -0.2) is 9.97 Å². The van der Waals surface area contributed by atoms with Gasteiger partial charge in [0.15, 0.2) is 5.82 Å². The summed E-state index contributed by atoms with van der Waals surface area (Å²) in [7, 11) is 0. The highest BCUT2D eigenvalue weighted by atomic mass is 32.1. The van der Waals surface area contributed by atoms with E-state index in [9.17, 15) is 9.90 Å². The summed E-state index contributed by atoms with van der Waals surface area (Å²) < 4.78 is 1.96. The van der Waals surface area contributed by atoms with Crippen molar-refractivity contribution in [1.82, 2.24) is 19.4 Å². The van der Waals surface area contributed by atoms with Crippen molar-refractivity contribution in [2.24, 2.45) is 0 Å². The minimum Gasteiger partial charge on any atom is -0.506 e. The topological polar surface area (TPSA) is 74.5 Å². The first kappa shape index (κ1) is 18.6. The highest BCUT2D eigenvalue weighted by molar-refractivity contribution is 7.07. The van der Waals surface area contributed by atoms with Gasteiger partial charge < -0.3 is 19.5 Å². The fraction of sp³-hybridized carbons (Fsp3) is 0.227. The number of benzene rings is 2. The van der Waals surface area contributed by atoms with E-state index in [-0.39, 0.29) is 18.2 Å². The van der Waals surface area contributed by atoms with Crippen molar-refractivity contribution >= 4 is 34.0 Å². The predicted molar refractivity (Wildman–Crippen MR) is 118 cm³/mol. The quantitative estimate of drug-likeness (QED) is 0.550. The van der Waals surface area contributed by atoms with Crippen molar-refractivity contribution in [2.45, 2.75) is 6.54 Å². The molecular weight excluding hydrogens is 398 g/mol. The number of aromatic nitrogens is 3. The van der Waals surface area contributed by atoms with Crippen LogP contribution < -0.4 is 4.90 Å². The van der Waals surface area contributed by atoms with E-state index in [1.807, 2.05) is 57.3 Å². The van der Waals surface area contributed by atoms with E-state index in [4.69, 9.17) is 4.98 Å². The third-order valence-corrected chi connectivity index (χ3v) is 6.05. The lowest BCUT2D eigenvalue weighted by Crippen LogP contribution is -2.49. The smallest absolute Gasteiger partial charge is 0.242 e. The van der Waals surface area contributed by atoms with Gasteiger partial charge in [0.2, 0.25) is 5.91 Å². The molecule has 0 aliphatic carbocycles. The molecule has 0 bridgehead atoms. The Morgan fingerprint density at radius 2 is 1.80 bits per heavy atom. The van der Waals surface area contributed by atoms with Gasteiger partial charge in [-0.05, 0) is 24.3 Å². The monoisotopic (exact) mass is 419 g/mol. The number of nitrogens with zero attached hydrogens (tertiary/aromatic N) is 5. The molecule has 30 heavy (non-hydrogen) atoms. The number of piperazine rings is 1. The van der Waals surface area contributed by atoms with Crippen molar-refractivity contribution in [3.63, 3.8) is 0 Å². The average molecular weight is 420 g/mol. The van der Waals surface area contributed by atoms with Crippen molar-refractivity contribution in [1.29, 1.82) is 0 Å². The Bertz CT molecular complexity index is 1180. The number of rotatable bonds is 4. The van der Waals surface area contributed by atoms with Crippen LogP contribution >= 0.6 is 11.3 Å². The van der Waals surface area contributed by atoms with E-state index >= 15 is 0 Å². The standard InChI is InChI=1S/C22H21N5O2S/c28-20-8-4-3-7-19(20)25-9-11-26(12-10-25)21(29)13-27-18-6-2-1-5-16(18)24-22(27)17-14-30-15-23-17/h1-8,14-15,28H,9-13H2. The summed E-state index contributed by atoms with van der Waals surface area (Å²) in [5, 5.41) is 12.0. The summed E-state index contributed by atoms with van der Waals surface area (Å²) in [5.41, 5.74) is 5.17. The van der Waals surface area contributed by atoms with E-state index in [1.54, 1.807) is 11.6 Å². The molecule has 1 N–H and O–H groups in total. The van der Waals surface area contributed by atoms with Crippen LogP contribution in [0.25, 0.3) is 22.6 Å². The van der Waals surface area contributed by atoms with E-state index < -0.39 is 0 Å². The molecule has 2 aromatic carbocycles.